The largest absolute Gasteiger partial charge is 0.495 e. The minimum Gasteiger partial charge on any atom is -0.495 e. The topological polar surface area (TPSA) is 68.8 Å². The average molecular weight is 298 g/mol. The van der Waals surface area contributed by atoms with E-state index in [4.69, 9.17) is 26.9 Å². The summed E-state index contributed by atoms with van der Waals surface area (Å²) in [5, 5.41) is 21.6. The summed E-state index contributed by atoms with van der Waals surface area (Å²) in [7, 11) is 1.57. The summed E-state index contributed by atoms with van der Waals surface area (Å²) in [5.74, 6) is 0.630. The average Bonchev–Trinajstić information content (AvgIpc) is 2.52. The molecule has 104 valence electrons. The Morgan fingerprint density at radius 3 is 2.48 bits per heavy atom. The molecule has 0 unspecified atom stereocenters. The Labute approximate surface area is 128 Å². The predicted molar refractivity (Wildman–Crippen MR) is 81.2 cm³/mol. The molecule has 0 aliphatic carbocycles. The molecule has 2 rings (SSSR count). The number of halogens is 1. The van der Waals surface area contributed by atoms with Crippen LogP contribution in [0, 0.1) is 22.7 Å². The van der Waals surface area contributed by atoms with Crippen LogP contribution in [0.4, 0.5) is 5.69 Å². The van der Waals surface area contributed by atoms with Crippen molar-refractivity contribution < 1.29 is 4.74 Å². The lowest BCUT2D eigenvalue weighted by Crippen LogP contribution is -2.00. The summed E-state index contributed by atoms with van der Waals surface area (Å²) < 4.78 is 5.10. The van der Waals surface area contributed by atoms with E-state index in [1.54, 1.807) is 31.4 Å². The zero-order valence-corrected chi connectivity index (χ0v) is 12.1. The summed E-state index contributed by atoms with van der Waals surface area (Å²) in [6.45, 7) is 0.556. The third-order valence-corrected chi connectivity index (χ3v) is 3.27. The fraction of sp³-hybridized carbons (Fsp3) is 0.125. The second kappa shape index (κ2) is 6.65. The number of rotatable bonds is 4. The molecule has 2 aromatic rings. The van der Waals surface area contributed by atoms with Gasteiger partial charge in [0.25, 0.3) is 0 Å². The number of hydrogen-bond acceptors (Lipinski definition) is 4. The van der Waals surface area contributed by atoms with Crippen LogP contribution < -0.4 is 10.1 Å². The van der Waals surface area contributed by atoms with E-state index in [2.05, 4.69) is 5.32 Å². The molecule has 0 spiro atoms. The molecule has 0 aromatic heterocycles. The lowest BCUT2D eigenvalue weighted by molar-refractivity contribution is 0.415. The van der Waals surface area contributed by atoms with E-state index in [1.165, 1.54) is 0 Å². The molecular weight excluding hydrogens is 286 g/mol. The molecule has 21 heavy (non-hydrogen) atoms. The Bertz CT molecular complexity index is 744. The summed E-state index contributed by atoms with van der Waals surface area (Å²) in [5.41, 5.74) is 2.49. The molecule has 0 fully saturated rings. The molecule has 0 saturated carbocycles. The zero-order valence-electron chi connectivity index (χ0n) is 11.4. The minimum atomic E-state index is 0.357. The minimum absolute atomic E-state index is 0.357. The number of benzene rings is 2. The van der Waals surface area contributed by atoms with Crippen LogP contribution in [0.15, 0.2) is 36.4 Å². The number of nitrogens with one attached hydrogen (secondary N) is 1. The number of hydrogen-bond donors (Lipinski definition) is 1. The SMILES string of the molecule is COc1ccc(CNc2ccc(C#N)c(C#N)c2)cc1Cl. The molecule has 0 bridgehead atoms. The first kappa shape index (κ1) is 14.7. The van der Waals surface area contributed by atoms with Crippen LogP contribution >= 0.6 is 11.6 Å². The van der Waals surface area contributed by atoms with Gasteiger partial charge in [-0.15, -0.1) is 0 Å². The second-order valence-electron chi connectivity index (χ2n) is 4.31. The lowest BCUT2D eigenvalue weighted by Gasteiger charge is -2.09. The molecule has 5 heteroatoms. The van der Waals surface area contributed by atoms with Gasteiger partial charge in [0, 0.05) is 12.2 Å². The van der Waals surface area contributed by atoms with E-state index in [1.807, 2.05) is 24.3 Å². The molecule has 0 radical (unpaired) electrons. The maximum absolute atomic E-state index is 8.99. The van der Waals surface area contributed by atoms with Crippen LogP contribution in [0.3, 0.4) is 0 Å². The van der Waals surface area contributed by atoms with Crippen LogP contribution in [-0.4, -0.2) is 7.11 Å². The molecular formula is C16H12ClN3O. The third kappa shape index (κ3) is 3.45. The van der Waals surface area contributed by atoms with Crippen LogP contribution in [0.2, 0.25) is 5.02 Å². The van der Waals surface area contributed by atoms with Gasteiger partial charge in [-0.05, 0) is 35.9 Å². The highest BCUT2D eigenvalue weighted by Crippen LogP contribution is 2.25. The summed E-state index contributed by atoms with van der Waals surface area (Å²) in [4.78, 5) is 0. The first-order chi connectivity index (χ1) is 10.2. The standard InChI is InChI=1S/C16H12ClN3O/c1-21-16-5-2-11(6-15(16)17)10-20-14-4-3-12(8-18)13(7-14)9-19/h2-7,20H,10H2,1H3. The van der Waals surface area contributed by atoms with Crippen LogP contribution in [0.1, 0.15) is 16.7 Å². The van der Waals surface area contributed by atoms with E-state index >= 15 is 0 Å². The van der Waals surface area contributed by atoms with Crippen molar-refractivity contribution in [2.75, 3.05) is 12.4 Å². The molecule has 0 atom stereocenters. The van der Waals surface area contributed by atoms with Crippen LogP contribution in [0.5, 0.6) is 5.75 Å². The highest BCUT2D eigenvalue weighted by Gasteiger charge is 2.04. The maximum Gasteiger partial charge on any atom is 0.137 e. The van der Waals surface area contributed by atoms with E-state index in [0.717, 1.165) is 11.3 Å². The van der Waals surface area contributed by atoms with Crippen molar-refractivity contribution in [3.63, 3.8) is 0 Å². The van der Waals surface area contributed by atoms with Crippen molar-refractivity contribution in [2.45, 2.75) is 6.54 Å². The summed E-state index contributed by atoms with van der Waals surface area (Å²) in [6.07, 6.45) is 0. The zero-order chi connectivity index (χ0) is 15.2. The van der Waals surface area contributed by atoms with E-state index in [9.17, 15) is 0 Å². The van der Waals surface area contributed by atoms with Crippen LogP contribution in [-0.2, 0) is 6.54 Å². The summed E-state index contributed by atoms with van der Waals surface area (Å²) >= 11 is 6.07. The molecule has 0 heterocycles. The number of nitrogens with zero attached hydrogens (tertiary/aromatic N) is 2. The monoisotopic (exact) mass is 297 g/mol. The highest BCUT2D eigenvalue weighted by molar-refractivity contribution is 6.32. The van der Waals surface area contributed by atoms with Gasteiger partial charge in [0.05, 0.1) is 23.3 Å². The van der Waals surface area contributed by atoms with Crippen molar-refractivity contribution in [3.8, 4) is 17.9 Å². The lowest BCUT2D eigenvalue weighted by atomic mass is 10.1. The Morgan fingerprint density at radius 2 is 1.86 bits per heavy atom. The van der Waals surface area contributed by atoms with E-state index in [-0.39, 0.29) is 0 Å². The Hall–Kier alpha value is -2.69. The Morgan fingerprint density at radius 1 is 1.10 bits per heavy atom. The van der Waals surface area contributed by atoms with Crippen molar-refractivity contribution in [1.29, 1.82) is 10.5 Å². The van der Waals surface area contributed by atoms with E-state index in [0.29, 0.717) is 28.4 Å². The van der Waals surface area contributed by atoms with Gasteiger partial charge in [0.1, 0.15) is 17.9 Å². The quantitative estimate of drug-likeness (QED) is 0.934. The maximum atomic E-state index is 8.99. The van der Waals surface area contributed by atoms with Gasteiger partial charge in [0.15, 0.2) is 0 Å². The molecule has 0 amide bonds. The van der Waals surface area contributed by atoms with Gasteiger partial charge >= 0.3 is 0 Å². The third-order valence-electron chi connectivity index (χ3n) is 2.97. The first-order valence-electron chi connectivity index (χ1n) is 6.18. The van der Waals surface area contributed by atoms with Gasteiger partial charge in [-0.3, -0.25) is 0 Å². The van der Waals surface area contributed by atoms with Gasteiger partial charge in [-0.25, -0.2) is 0 Å². The van der Waals surface area contributed by atoms with Crippen molar-refractivity contribution in [2.24, 2.45) is 0 Å². The molecule has 1 N–H and O–H groups in total. The normalized spacial score (nSPS) is 9.52. The summed E-state index contributed by atoms with van der Waals surface area (Å²) in [6, 6.07) is 14.6. The van der Waals surface area contributed by atoms with Crippen molar-refractivity contribution in [1.82, 2.24) is 0 Å². The number of nitriles is 2. The Kier molecular flexibility index (Phi) is 4.66. The smallest absolute Gasteiger partial charge is 0.137 e. The molecule has 4 nitrogen and oxygen atoms in total. The predicted octanol–water partition coefficient (Wildman–Crippen LogP) is 3.70. The fourth-order valence-corrected chi connectivity index (χ4v) is 2.15. The number of anilines is 1. The van der Waals surface area contributed by atoms with E-state index < -0.39 is 0 Å². The van der Waals surface area contributed by atoms with Gasteiger partial charge < -0.3 is 10.1 Å². The number of ether oxygens (including phenoxy) is 1. The molecule has 2 aromatic carbocycles. The highest BCUT2D eigenvalue weighted by atomic mass is 35.5. The van der Waals surface area contributed by atoms with Gasteiger partial charge in [-0.1, -0.05) is 17.7 Å². The Balaban J connectivity index is 2.12. The van der Waals surface area contributed by atoms with Crippen molar-refractivity contribution >= 4 is 17.3 Å². The fourth-order valence-electron chi connectivity index (χ4n) is 1.87. The van der Waals surface area contributed by atoms with Crippen molar-refractivity contribution in [3.05, 3.63) is 58.1 Å². The number of methoxy groups -OCH3 is 1. The molecule has 0 aliphatic rings. The first-order valence-corrected chi connectivity index (χ1v) is 6.56. The molecule has 0 aliphatic heterocycles. The van der Waals surface area contributed by atoms with Crippen LogP contribution in [0.25, 0.3) is 0 Å². The molecule has 0 saturated heterocycles. The van der Waals surface area contributed by atoms with Gasteiger partial charge in [-0.2, -0.15) is 10.5 Å². The van der Waals surface area contributed by atoms with Gasteiger partial charge in [0.2, 0.25) is 0 Å². The second-order valence-corrected chi connectivity index (χ2v) is 4.71.